The first-order valence-electron chi connectivity index (χ1n) is 11.9. The number of rotatable bonds is 2. The van der Waals surface area contributed by atoms with E-state index in [1.54, 1.807) is 0 Å². The summed E-state index contributed by atoms with van der Waals surface area (Å²) in [4.78, 5) is 0. The Labute approximate surface area is 212 Å². The van der Waals surface area contributed by atoms with Crippen LogP contribution in [0.3, 0.4) is 0 Å². The maximum absolute atomic E-state index is 3.62. The van der Waals surface area contributed by atoms with Gasteiger partial charge in [-0.15, -0.1) is 0 Å². The molecule has 7 rings (SSSR count). The van der Waals surface area contributed by atoms with E-state index >= 15 is 0 Å². The van der Waals surface area contributed by atoms with E-state index in [2.05, 4.69) is 143 Å². The van der Waals surface area contributed by atoms with Crippen LogP contribution in [0.25, 0.3) is 65.3 Å². The van der Waals surface area contributed by atoms with Gasteiger partial charge in [0.15, 0.2) is 0 Å². The Morgan fingerprint density at radius 1 is 0.343 bits per heavy atom. The second-order valence-corrected chi connectivity index (χ2v) is 10.0. The lowest BCUT2D eigenvalue weighted by atomic mass is 9.84. The summed E-state index contributed by atoms with van der Waals surface area (Å²) in [7, 11) is 0. The highest BCUT2D eigenvalue weighted by Crippen LogP contribution is 2.45. The van der Waals surface area contributed by atoms with Crippen molar-refractivity contribution in [2.24, 2.45) is 0 Å². The van der Waals surface area contributed by atoms with E-state index < -0.39 is 0 Å². The van der Waals surface area contributed by atoms with Crippen LogP contribution in [0.4, 0.5) is 0 Å². The van der Waals surface area contributed by atoms with Crippen molar-refractivity contribution in [1.29, 1.82) is 0 Å². The minimum Gasteiger partial charge on any atom is -0.0622 e. The van der Waals surface area contributed by atoms with Gasteiger partial charge in [0.05, 0.1) is 0 Å². The fourth-order valence-electron chi connectivity index (χ4n) is 5.46. The topological polar surface area (TPSA) is 0 Å². The van der Waals surface area contributed by atoms with Gasteiger partial charge in [0.1, 0.15) is 0 Å². The number of benzene rings is 7. The second kappa shape index (κ2) is 8.08. The maximum atomic E-state index is 3.62. The summed E-state index contributed by atoms with van der Waals surface area (Å²) in [5.41, 5.74) is 5.07. The molecule has 35 heavy (non-hydrogen) atoms. The zero-order chi connectivity index (χ0) is 23.4. The molecule has 0 amide bonds. The molecule has 0 bridgehead atoms. The molecule has 0 heterocycles. The highest BCUT2D eigenvalue weighted by Gasteiger charge is 2.17. The molecule has 0 radical (unpaired) electrons. The Morgan fingerprint density at radius 2 is 0.800 bits per heavy atom. The van der Waals surface area contributed by atoms with Crippen molar-refractivity contribution in [3.8, 4) is 22.3 Å². The minimum atomic E-state index is 1.09. The molecule has 0 nitrogen and oxygen atoms in total. The van der Waals surface area contributed by atoms with Crippen LogP contribution >= 0.6 is 15.9 Å². The molecule has 0 spiro atoms. The molecular formula is C34H21Br. The van der Waals surface area contributed by atoms with E-state index in [9.17, 15) is 0 Å². The molecule has 0 saturated carbocycles. The van der Waals surface area contributed by atoms with E-state index in [-0.39, 0.29) is 0 Å². The van der Waals surface area contributed by atoms with Crippen molar-refractivity contribution >= 4 is 59.0 Å². The van der Waals surface area contributed by atoms with Gasteiger partial charge >= 0.3 is 0 Å². The summed E-state index contributed by atoms with van der Waals surface area (Å²) in [5.74, 6) is 0. The van der Waals surface area contributed by atoms with Gasteiger partial charge in [0.2, 0.25) is 0 Å². The first-order valence-corrected chi connectivity index (χ1v) is 12.7. The van der Waals surface area contributed by atoms with Gasteiger partial charge in [0.25, 0.3) is 0 Å². The van der Waals surface area contributed by atoms with Gasteiger partial charge in [0, 0.05) is 4.47 Å². The van der Waals surface area contributed by atoms with Gasteiger partial charge in [-0.25, -0.2) is 0 Å². The number of halogens is 1. The average molecular weight is 509 g/mol. The van der Waals surface area contributed by atoms with Crippen molar-refractivity contribution in [2.45, 2.75) is 0 Å². The molecule has 0 fully saturated rings. The average Bonchev–Trinajstić information content (AvgIpc) is 2.90. The molecule has 7 aromatic rings. The SMILES string of the molecule is Brc1ccc(-c2c3ccccc3c(-c3ccccc3)c3cc4cc5ccccc5cc4cc23)cc1. The van der Waals surface area contributed by atoms with E-state index in [1.807, 2.05) is 0 Å². The summed E-state index contributed by atoms with van der Waals surface area (Å²) in [6.45, 7) is 0. The molecule has 0 aliphatic carbocycles. The van der Waals surface area contributed by atoms with Crippen molar-refractivity contribution in [3.63, 3.8) is 0 Å². The van der Waals surface area contributed by atoms with Crippen LogP contribution in [0.2, 0.25) is 0 Å². The molecule has 0 aliphatic heterocycles. The van der Waals surface area contributed by atoms with Gasteiger partial charge in [-0.3, -0.25) is 0 Å². The Bertz CT molecular complexity index is 1880. The van der Waals surface area contributed by atoms with Crippen molar-refractivity contribution in [2.75, 3.05) is 0 Å². The fraction of sp³-hybridized carbons (Fsp3) is 0. The van der Waals surface area contributed by atoms with Gasteiger partial charge in [-0.2, -0.15) is 0 Å². The number of fused-ring (bicyclic) bond motifs is 4. The van der Waals surface area contributed by atoms with Crippen molar-refractivity contribution < 1.29 is 0 Å². The van der Waals surface area contributed by atoms with Crippen LogP contribution in [0.5, 0.6) is 0 Å². The normalized spacial score (nSPS) is 11.6. The third-order valence-corrected chi connectivity index (χ3v) is 7.57. The molecule has 164 valence electrons. The smallest absolute Gasteiger partial charge is 0.0175 e. The summed E-state index contributed by atoms with van der Waals surface area (Å²) < 4.78 is 1.09. The standard InChI is InChI=1S/C34H21Br/c35-28-16-14-23(15-17-28)34-30-13-7-6-12-29(30)33(22-8-2-1-3-9-22)31-20-26-18-24-10-4-5-11-25(24)19-27(26)21-32(31)34/h1-21H. The molecule has 7 aromatic carbocycles. The number of hydrogen-bond donors (Lipinski definition) is 0. The minimum absolute atomic E-state index is 1.09. The second-order valence-electron chi connectivity index (χ2n) is 9.11. The van der Waals surface area contributed by atoms with Crippen LogP contribution in [-0.4, -0.2) is 0 Å². The van der Waals surface area contributed by atoms with Crippen LogP contribution in [0.15, 0.2) is 132 Å². The highest BCUT2D eigenvalue weighted by molar-refractivity contribution is 9.10. The molecule has 0 atom stereocenters. The lowest BCUT2D eigenvalue weighted by molar-refractivity contribution is 1.63. The van der Waals surface area contributed by atoms with Crippen molar-refractivity contribution in [3.05, 3.63) is 132 Å². The molecule has 0 saturated heterocycles. The van der Waals surface area contributed by atoms with Gasteiger partial charge in [-0.1, -0.05) is 107 Å². The third-order valence-electron chi connectivity index (χ3n) is 7.04. The Hall–Kier alpha value is -3.94. The molecule has 0 aromatic heterocycles. The summed E-state index contributed by atoms with van der Waals surface area (Å²) in [6, 6.07) is 46.4. The van der Waals surface area contributed by atoms with Crippen LogP contribution < -0.4 is 0 Å². The van der Waals surface area contributed by atoms with E-state index in [4.69, 9.17) is 0 Å². The lowest BCUT2D eigenvalue weighted by Gasteiger charge is -2.19. The predicted octanol–water partition coefficient (Wildman–Crippen LogP) is 10.4. The summed E-state index contributed by atoms with van der Waals surface area (Å²) >= 11 is 3.62. The van der Waals surface area contributed by atoms with Gasteiger partial charge < -0.3 is 0 Å². The summed E-state index contributed by atoms with van der Waals surface area (Å²) in [5, 5.41) is 10.2. The molecule has 0 unspecified atom stereocenters. The van der Waals surface area contributed by atoms with Crippen LogP contribution in [0, 0.1) is 0 Å². The quantitative estimate of drug-likeness (QED) is 0.203. The fourth-order valence-corrected chi connectivity index (χ4v) is 5.72. The zero-order valence-electron chi connectivity index (χ0n) is 19.0. The van der Waals surface area contributed by atoms with Crippen LogP contribution in [0.1, 0.15) is 0 Å². The van der Waals surface area contributed by atoms with E-state index in [0.29, 0.717) is 0 Å². The zero-order valence-corrected chi connectivity index (χ0v) is 20.6. The van der Waals surface area contributed by atoms with Gasteiger partial charge in [-0.05, 0) is 102 Å². The maximum Gasteiger partial charge on any atom is 0.0175 e. The predicted molar refractivity (Wildman–Crippen MR) is 155 cm³/mol. The first-order chi connectivity index (χ1) is 17.3. The lowest BCUT2D eigenvalue weighted by Crippen LogP contribution is -1.91. The first kappa shape index (κ1) is 20.4. The Balaban J connectivity index is 1.72. The van der Waals surface area contributed by atoms with Crippen molar-refractivity contribution in [1.82, 2.24) is 0 Å². The highest BCUT2D eigenvalue weighted by atomic mass is 79.9. The summed E-state index contributed by atoms with van der Waals surface area (Å²) in [6.07, 6.45) is 0. The Kier molecular flexibility index (Phi) is 4.72. The van der Waals surface area contributed by atoms with E-state index in [1.165, 1.54) is 65.3 Å². The largest absolute Gasteiger partial charge is 0.0622 e. The third kappa shape index (κ3) is 3.35. The molecule has 0 aliphatic rings. The van der Waals surface area contributed by atoms with Crippen LogP contribution in [-0.2, 0) is 0 Å². The molecular weight excluding hydrogens is 488 g/mol. The monoisotopic (exact) mass is 508 g/mol. The molecule has 1 heteroatoms. The Morgan fingerprint density at radius 3 is 1.34 bits per heavy atom. The number of hydrogen-bond acceptors (Lipinski definition) is 0. The van der Waals surface area contributed by atoms with E-state index in [0.717, 1.165) is 4.47 Å². The molecule has 0 N–H and O–H groups in total.